The molecule has 0 fully saturated rings. The standard InChI is InChI=1S/C80H114N8S/c1-8-14-20-33-41-59-50-51-60(42-34-21-15-9-2)68-67(59)75-82-73-65-57(7)48-49-58(47-39-31-29-27-26-28-30-32-40-56-89)66(65)74(81-73)83-76-69-61(43-35-22-16-10-3)52-53-62(44-36-23-17-11-4)70(69)78(85-76)87-80-72-64(46-38-25-19-13-6)55-54-63(45-37-24-18-12-5)71(72)79(88-80)86-77(68)84-75/h48-55,89H,8-47,56H2,1-7H3,(H2,81,82,83,84,85,86,87,88). The van der Waals surface area contributed by atoms with Crippen LogP contribution in [0.2, 0.25) is 0 Å². The number of rotatable bonds is 41. The second-order valence-electron chi connectivity index (χ2n) is 26.8. The van der Waals surface area contributed by atoms with Gasteiger partial charge in [0.2, 0.25) is 0 Å². The molecule has 0 aliphatic carbocycles. The molecule has 0 saturated carbocycles. The Bertz CT molecular complexity index is 3530. The normalized spacial score (nSPS) is 12.1. The molecule has 89 heavy (non-hydrogen) atoms. The lowest BCUT2D eigenvalue weighted by Gasteiger charge is -2.13. The molecule has 8 nitrogen and oxygen atoms in total. The minimum Gasteiger partial charge on any atom is -0.324 e. The van der Waals surface area contributed by atoms with Crippen LogP contribution in [0.4, 0.5) is 0 Å². The van der Waals surface area contributed by atoms with Gasteiger partial charge in [0, 0.05) is 43.8 Å². The van der Waals surface area contributed by atoms with Gasteiger partial charge in [0.25, 0.3) is 0 Å². The molecule has 0 atom stereocenters. The molecule has 0 spiro atoms. The number of aromatic nitrogens is 8. The van der Waals surface area contributed by atoms with Crippen LogP contribution in [-0.2, 0) is 44.9 Å². The van der Waals surface area contributed by atoms with Crippen molar-refractivity contribution in [1.29, 1.82) is 0 Å². The Kier molecular flexibility index (Phi) is 27.5. The molecular formula is C80H114N8S. The lowest BCUT2D eigenvalue weighted by atomic mass is 9.91. The highest BCUT2D eigenvalue weighted by atomic mass is 32.1. The summed E-state index contributed by atoms with van der Waals surface area (Å²) in [4.78, 5) is 43.5. The van der Waals surface area contributed by atoms with Crippen molar-refractivity contribution < 1.29 is 0 Å². The van der Waals surface area contributed by atoms with Gasteiger partial charge < -0.3 is 9.97 Å². The van der Waals surface area contributed by atoms with E-state index in [1.807, 2.05) is 0 Å². The Morgan fingerprint density at radius 2 is 0.483 bits per heavy atom. The third-order valence-electron chi connectivity index (χ3n) is 19.6. The number of aromatic amines is 2. The number of aryl methyl sites for hydroxylation is 8. The van der Waals surface area contributed by atoms with Crippen LogP contribution in [0.25, 0.3) is 89.7 Å². The van der Waals surface area contributed by atoms with Crippen LogP contribution in [-0.4, -0.2) is 45.6 Å². The number of fused-ring (bicyclic) bond motifs is 20. The molecule has 2 aliphatic rings. The zero-order valence-corrected chi connectivity index (χ0v) is 57.6. The Labute approximate surface area is 543 Å². The highest BCUT2D eigenvalue weighted by Crippen LogP contribution is 2.44. The molecule has 0 radical (unpaired) electrons. The number of nitrogens with zero attached hydrogens (tertiary/aromatic N) is 6. The summed E-state index contributed by atoms with van der Waals surface area (Å²) in [6.07, 6.45) is 47.0. The highest BCUT2D eigenvalue weighted by molar-refractivity contribution is 7.80. The van der Waals surface area contributed by atoms with E-state index in [4.69, 9.17) is 29.9 Å². The summed E-state index contributed by atoms with van der Waals surface area (Å²) in [5.74, 6) is 4.04. The van der Waals surface area contributed by atoms with Gasteiger partial charge in [-0.15, -0.1) is 0 Å². The maximum Gasteiger partial charge on any atom is 0.165 e. The van der Waals surface area contributed by atoms with Gasteiger partial charge in [-0.25, -0.2) is 29.9 Å². The lowest BCUT2D eigenvalue weighted by Crippen LogP contribution is -1.98. The lowest BCUT2D eigenvalue weighted by molar-refractivity contribution is 0.566. The molecule has 9 heteroatoms. The van der Waals surface area contributed by atoms with Crippen LogP contribution in [0.1, 0.15) is 298 Å². The Morgan fingerprint density at radius 1 is 0.258 bits per heavy atom. The first-order chi connectivity index (χ1) is 43.8. The average molecular weight is 1220 g/mol. The summed E-state index contributed by atoms with van der Waals surface area (Å²) in [6, 6.07) is 19.3. The van der Waals surface area contributed by atoms with E-state index in [9.17, 15) is 0 Å². The van der Waals surface area contributed by atoms with Crippen LogP contribution in [0.15, 0.2) is 48.5 Å². The van der Waals surface area contributed by atoms with E-state index >= 15 is 0 Å². The molecule has 0 unspecified atom stereocenters. The van der Waals surface area contributed by atoms with E-state index in [1.165, 1.54) is 244 Å². The van der Waals surface area contributed by atoms with E-state index < -0.39 is 0 Å². The summed E-state index contributed by atoms with van der Waals surface area (Å²) >= 11 is 4.45. The predicted octanol–water partition coefficient (Wildman–Crippen LogP) is 23.9. The third kappa shape index (κ3) is 17.6. The van der Waals surface area contributed by atoms with Crippen molar-refractivity contribution in [3.05, 3.63) is 93.0 Å². The quantitative estimate of drug-likeness (QED) is 0.0260. The molecule has 0 saturated heterocycles. The topological polar surface area (TPSA) is 109 Å². The fourth-order valence-electron chi connectivity index (χ4n) is 14.5. The fraction of sp³-hybridized carbons (Fsp3) is 0.600. The molecule has 3 aromatic heterocycles. The number of benzene rings is 4. The molecule has 8 bridgehead atoms. The van der Waals surface area contributed by atoms with Crippen molar-refractivity contribution >= 4 is 56.8 Å². The van der Waals surface area contributed by atoms with Gasteiger partial charge in [-0.2, -0.15) is 12.6 Å². The van der Waals surface area contributed by atoms with Gasteiger partial charge in [-0.05, 0) is 153 Å². The second-order valence-corrected chi connectivity index (χ2v) is 27.3. The molecule has 5 heterocycles. The van der Waals surface area contributed by atoms with Gasteiger partial charge in [0.15, 0.2) is 23.3 Å². The summed E-state index contributed by atoms with van der Waals surface area (Å²) in [7, 11) is 0. The zero-order valence-electron chi connectivity index (χ0n) is 56.7. The Morgan fingerprint density at radius 3 is 0.775 bits per heavy atom. The van der Waals surface area contributed by atoms with Crippen molar-refractivity contribution in [2.75, 3.05) is 5.75 Å². The summed E-state index contributed by atoms with van der Waals surface area (Å²) in [5, 5.41) is 4.79. The number of hydrogen-bond acceptors (Lipinski definition) is 7. The van der Waals surface area contributed by atoms with Gasteiger partial charge in [-0.1, -0.05) is 251 Å². The maximum absolute atomic E-state index is 5.98. The summed E-state index contributed by atoms with van der Waals surface area (Å²) in [5.41, 5.74) is 18.5. The predicted molar refractivity (Wildman–Crippen MR) is 387 cm³/mol. The number of nitrogens with one attached hydrogen (secondary N) is 2. The van der Waals surface area contributed by atoms with Crippen LogP contribution in [0, 0.1) is 6.92 Å². The van der Waals surface area contributed by atoms with E-state index in [0.29, 0.717) is 0 Å². The SMILES string of the molecule is CCCCCCc1ccc(CCCCCC)c2c1-c1nc-2nc2[nH]c(nc3nc(nc4[nH]c(n1)c1c(CCCCCC)ccc(CCCCCC)c41)-c1c(C)ccc(CCCCCCCCCCCS)c1-3)c1c(CCCCCC)ccc(CCCCCC)c21. The Balaban J connectivity index is 1.39. The molecule has 2 N–H and O–H groups in total. The molecule has 7 aromatic rings. The molecule has 0 amide bonds. The molecule has 4 aromatic carbocycles. The van der Waals surface area contributed by atoms with Crippen LogP contribution in [0.5, 0.6) is 0 Å². The first-order valence-corrected chi connectivity index (χ1v) is 37.5. The number of H-pyrrole nitrogens is 2. The summed E-state index contributed by atoms with van der Waals surface area (Å²) < 4.78 is 0. The zero-order chi connectivity index (χ0) is 62.2. The monoisotopic (exact) mass is 1220 g/mol. The van der Waals surface area contributed by atoms with E-state index in [1.54, 1.807) is 0 Å². The van der Waals surface area contributed by atoms with Gasteiger partial charge in [0.05, 0.1) is 0 Å². The molecular weight excluding hydrogens is 1110 g/mol. The van der Waals surface area contributed by atoms with Gasteiger partial charge in [0.1, 0.15) is 22.6 Å². The van der Waals surface area contributed by atoms with Crippen LogP contribution >= 0.6 is 12.6 Å². The first-order valence-electron chi connectivity index (χ1n) is 36.9. The molecule has 480 valence electrons. The van der Waals surface area contributed by atoms with E-state index in [2.05, 4.69) is 120 Å². The smallest absolute Gasteiger partial charge is 0.165 e. The Hall–Kier alpha value is -5.41. The van der Waals surface area contributed by atoms with E-state index in [0.717, 1.165) is 153 Å². The van der Waals surface area contributed by atoms with Crippen molar-refractivity contribution in [1.82, 2.24) is 39.9 Å². The van der Waals surface area contributed by atoms with E-state index in [-0.39, 0.29) is 0 Å². The minimum atomic E-state index is 0.738. The second kappa shape index (κ2) is 36.0. The van der Waals surface area contributed by atoms with Gasteiger partial charge >= 0.3 is 0 Å². The van der Waals surface area contributed by atoms with Crippen LogP contribution in [0.3, 0.4) is 0 Å². The van der Waals surface area contributed by atoms with Gasteiger partial charge in [-0.3, -0.25) is 0 Å². The minimum absolute atomic E-state index is 0.738. The number of unbranched alkanes of at least 4 members (excludes halogenated alkanes) is 26. The molecule has 2 aliphatic heterocycles. The van der Waals surface area contributed by atoms with Crippen molar-refractivity contribution in [3.8, 4) is 45.6 Å². The van der Waals surface area contributed by atoms with Crippen molar-refractivity contribution in [3.63, 3.8) is 0 Å². The van der Waals surface area contributed by atoms with Crippen LogP contribution < -0.4 is 0 Å². The largest absolute Gasteiger partial charge is 0.324 e. The first kappa shape index (κ1) is 68.0. The summed E-state index contributed by atoms with van der Waals surface area (Å²) in [6.45, 7) is 16.2. The third-order valence-corrected chi connectivity index (χ3v) is 20.0. The van der Waals surface area contributed by atoms with Crippen molar-refractivity contribution in [2.45, 2.75) is 305 Å². The highest BCUT2D eigenvalue weighted by Gasteiger charge is 2.30. The molecule has 9 rings (SSSR count). The fourth-order valence-corrected chi connectivity index (χ4v) is 14.7. The average Bonchev–Trinajstić information content (AvgIpc) is 1.61. The number of hydrogen-bond donors (Lipinski definition) is 3. The number of thiol groups is 1. The maximum atomic E-state index is 5.98. The van der Waals surface area contributed by atoms with Crippen molar-refractivity contribution in [2.24, 2.45) is 0 Å².